The van der Waals surface area contributed by atoms with E-state index in [-0.39, 0.29) is 0 Å². The molecule has 1 aliphatic heterocycles. The molecule has 1 atom stereocenters. The molecule has 0 bridgehead atoms. The molecule has 5 heteroatoms. The SMILES string of the molecule is COc1cccc([C@H]2CCN2Cc2cc(Cl)cc(OC)c2OC)c1. The first-order chi connectivity index (χ1) is 11.7. The summed E-state index contributed by atoms with van der Waals surface area (Å²) in [5, 5.41) is 0.654. The largest absolute Gasteiger partial charge is 0.497 e. The van der Waals surface area contributed by atoms with Crippen molar-refractivity contribution in [3.05, 3.63) is 52.5 Å². The molecule has 1 fully saturated rings. The van der Waals surface area contributed by atoms with E-state index >= 15 is 0 Å². The molecule has 1 aliphatic rings. The molecule has 0 radical (unpaired) electrons. The van der Waals surface area contributed by atoms with Gasteiger partial charge in [-0.1, -0.05) is 23.7 Å². The van der Waals surface area contributed by atoms with E-state index in [0.717, 1.165) is 36.6 Å². The Morgan fingerprint density at radius 2 is 1.92 bits per heavy atom. The van der Waals surface area contributed by atoms with Crippen LogP contribution in [-0.4, -0.2) is 32.8 Å². The van der Waals surface area contributed by atoms with Gasteiger partial charge < -0.3 is 14.2 Å². The fourth-order valence-electron chi connectivity index (χ4n) is 3.20. The molecular formula is C19H22ClNO3. The third kappa shape index (κ3) is 3.30. The number of likely N-dealkylation sites (tertiary alicyclic amines) is 1. The zero-order chi connectivity index (χ0) is 17.1. The van der Waals surface area contributed by atoms with Crippen molar-refractivity contribution in [3.8, 4) is 17.2 Å². The van der Waals surface area contributed by atoms with Gasteiger partial charge in [0.1, 0.15) is 5.75 Å². The van der Waals surface area contributed by atoms with Crippen LogP contribution in [0.3, 0.4) is 0 Å². The average Bonchev–Trinajstić information content (AvgIpc) is 2.58. The first kappa shape index (κ1) is 16.9. The van der Waals surface area contributed by atoms with Gasteiger partial charge in [0.05, 0.1) is 21.3 Å². The minimum absolute atomic E-state index is 0.384. The molecule has 0 amide bonds. The van der Waals surface area contributed by atoms with Crippen LogP contribution in [0.15, 0.2) is 36.4 Å². The maximum absolute atomic E-state index is 6.22. The third-order valence-electron chi connectivity index (χ3n) is 4.50. The van der Waals surface area contributed by atoms with E-state index in [1.165, 1.54) is 5.56 Å². The molecule has 0 unspecified atom stereocenters. The molecule has 0 aliphatic carbocycles. The highest BCUT2D eigenvalue weighted by Gasteiger charge is 2.30. The second kappa shape index (κ2) is 7.32. The zero-order valence-electron chi connectivity index (χ0n) is 14.2. The molecule has 0 saturated carbocycles. The summed E-state index contributed by atoms with van der Waals surface area (Å²) in [6, 6.07) is 12.4. The minimum Gasteiger partial charge on any atom is -0.497 e. The molecule has 0 N–H and O–H groups in total. The lowest BCUT2D eigenvalue weighted by atomic mass is 9.93. The number of rotatable bonds is 6. The van der Waals surface area contributed by atoms with Crippen molar-refractivity contribution in [1.82, 2.24) is 4.90 Å². The van der Waals surface area contributed by atoms with Gasteiger partial charge in [-0.05, 0) is 30.2 Å². The summed E-state index contributed by atoms with van der Waals surface area (Å²) in [6.07, 6.45) is 1.13. The normalized spacial score (nSPS) is 17.2. The van der Waals surface area contributed by atoms with Crippen LogP contribution >= 0.6 is 11.6 Å². The van der Waals surface area contributed by atoms with Crippen molar-refractivity contribution >= 4 is 11.6 Å². The molecule has 1 heterocycles. The summed E-state index contributed by atoms with van der Waals surface area (Å²) < 4.78 is 16.3. The highest BCUT2D eigenvalue weighted by molar-refractivity contribution is 6.30. The van der Waals surface area contributed by atoms with Gasteiger partial charge in [-0.3, -0.25) is 4.90 Å². The fourth-order valence-corrected chi connectivity index (χ4v) is 3.43. The van der Waals surface area contributed by atoms with Gasteiger partial charge in [0.2, 0.25) is 0 Å². The van der Waals surface area contributed by atoms with Gasteiger partial charge >= 0.3 is 0 Å². The summed E-state index contributed by atoms with van der Waals surface area (Å²) in [4.78, 5) is 2.41. The zero-order valence-corrected chi connectivity index (χ0v) is 15.0. The third-order valence-corrected chi connectivity index (χ3v) is 4.72. The summed E-state index contributed by atoms with van der Waals surface area (Å²) in [5.41, 5.74) is 2.31. The maximum Gasteiger partial charge on any atom is 0.165 e. The number of hydrogen-bond donors (Lipinski definition) is 0. The van der Waals surface area contributed by atoms with E-state index in [0.29, 0.717) is 16.8 Å². The van der Waals surface area contributed by atoms with Crippen molar-refractivity contribution < 1.29 is 14.2 Å². The molecule has 3 rings (SSSR count). The molecule has 24 heavy (non-hydrogen) atoms. The van der Waals surface area contributed by atoms with Crippen LogP contribution < -0.4 is 14.2 Å². The second-order valence-electron chi connectivity index (χ2n) is 5.85. The quantitative estimate of drug-likeness (QED) is 0.779. The number of benzene rings is 2. The Kier molecular flexibility index (Phi) is 5.17. The summed E-state index contributed by atoms with van der Waals surface area (Å²) in [6.45, 7) is 1.81. The number of ether oxygens (including phenoxy) is 3. The number of methoxy groups -OCH3 is 3. The standard InChI is InChI=1S/C19H22ClNO3/c1-22-16-6-4-5-13(10-16)17-7-8-21(17)12-14-9-15(20)11-18(23-2)19(14)24-3/h4-6,9-11,17H,7-8,12H2,1-3H3/t17-/m1/s1. The number of nitrogens with zero attached hydrogens (tertiary/aromatic N) is 1. The van der Waals surface area contributed by atoms with Crippen molar-refractivity contribution in [2.24, 2.45) is 0 Å². The molecule has 2 aromatic carbocycles. The monoisotopic (exact) mass is 347 g/mol. The predicted octanol–water partition coefficient (Wildman–Crippen LogP) is 4.31. The predicted molar refractivity (Wildman–Crippen MR) is 95.3 cm³/mol. The Labute approximate surface area is 147 Å². The molecule has 4 nitrogen and oxygen atoms in total. The fraction of sp³-hybridized carbons (Fsp3) is 0.368. The Balaban J connectivity index is 1.82. The van der Waals surface area contributed by atoms with Crippen LogP contribution in [0.4, 0.5) is 0 Å². The Bertz CT molecular complexity index is 720. The summed E-state index contributed by atoms with van der Waals surface area (Å²) in [7, 11) is 4.98. The van der Waals surface area contributed by atoms with E-state index < -0.39 is 0 Å². The van der Waals surface area contributed by atoms with Crippen molar-refractivity contribution in [3.63, 3.8) is 0 Å². The lowest BCUT2D eigenvalue weighted by molar-refractivity contribution is 0.0806. The summed E-state index contributed by atoms with van der Waals surface area (Å²) in [5.74, 6) is 2.30. The number of hydrogen-bond acceptors (Lipinski definition) is 4. The summed E-state index contributed by atoms with van der Waals surface area (Å²) >= 11 is 6.22. The minimum atomic E-state index is 0.384. The average molecular weight is 348 g/mol. The maximum atomic E-state index is 6.22. The molecule has 0 aromatic heterocycles. The second-order valence-corrected chi connectivity index (χ2v) is 6.29. The smallest absolute Gasteiger partial charge is 0.165 e. The number of halogens is 1. The van der Waals surface area contributed by atoms with Gasteiger partial charge in [0.25, 0.3) is 0 Å². The van der Waals surface area contributed by atoms with Crippen LogP contribution in [0.1, 0.15) is 23.6 Å². The van der Waals surface area contributed by atoms with Gasteiger partial charge in [-0.25, -0.2) is 0 Å². The molecule has 1 saturated heterocycles. The molecular weight excluding hydrogens is 326 g/mol. The highest BCUT2D eigenvalue weighted by atomic mass is 35.5. The van der Waals surface area contributed by atoms with Crippen molar-refractivity contribution in [2.45, 2.75) is 19.0 Å². The van der Waals surface area contributed by atoms with Gasteiger partial charge in [-0.2, -0.15) is 0 Å². The van der Waals surface area contributed by atoms with Crippen molar-refractivity contribution in [1.29, 1.82) is 0 Å². The van der Waals surface area contributed by atoms with Crippen LogP contribution in [0.5, 0.6) is 17.2 Å². The van der Waals surface area contributed by atoms with E-state index in [2.05, 4.69) is 17.0 Å². The molecule has 128 valence electrons. The first-order valence-electron chi connectivity index (χ1n) is 7.94. The lowest BCUT2D eigenvalue weighted by Gasteiger charge is -2.41. The van der Waals surface area contributed by atoms with Gasteiger partial charge in [-0.15, -0.1) is 0 Å². The Morgan fingerprint density at radius 1 is 1.08 bits per heavy atom. The van der Waals surface area contributed by atoms with E-state index in [9.17, 15) is 0 Å². The highest BCUT2D eigenvalue weighted by Crippen LogP contribution is 2.40. The van der Waals surface area contributed by atoms with Gasteiger partial charge in [0.15, 0.2) is 11.5 Å². The lowest BCUT2D eigenvalue weighted by Crippen LogP contribution is -2.40. The topological polar surface area (TPSA) is 30.9 Å². The van der Waals surface area contributed by atoms with Crippen LogP contribution in [0, 0.1) is 0 Å². The van der Waals surface area contributed by atoms with Gasteiger partial charge in [0, 0.05) is 35.8 Å². The molecule has 2 aromatic rings. The van der Waals surface area contributed by atoms with E-state index in [1.807, 2.05) is 18.2 Å². The first-order valence-corrected chi connectivity index (χ1v) is 8.32. The van der Waals surface area contributed by atoms with Crippen LogP contribution in [-0.2, 0) is 6.54 Å². The Morgan fingerprint density at radius 3 is 2.54 bits per heavy atom. The van der Waals surface area contributed by atoms with E-state index in [4.69, 9.17) is 25.8 Å². The Hall–Kier alpha value is -1.91. The molecule has 0 spiro atoms. The van der Waals surface area contributed by atoms with E-state index in [1.54, 1.807) is 27.4 Å². The van der Waals surface area contributed by atoms with Crippen LogP contribution in [0.2, 0.25) is 5.02 Å². The van der Waals surface area contributed by atoms with Crippen molar-refractivity contribution in [2.75, 3.05) is 27.9 Å². The van der Waals surface area contributed by atoms with Crippen LogP contribution in [0.25, 0.3) is 0 Å².